The number of thiophene rings is 1. The van der Waals surface area contributed by atoms with E-state index < -0.39 is 11.9 Å². The number of nitriles is 1. The molecule has 0 fully saturated rings. The molecule has 0 aliphatic carbocycles. The van der Waals surface area contributed by atoms with Crippen LogP contribution in [0.5, 0.6) is 5.75 Å². The predicted molar refractivity (Wildman–Crippen MR) is 102 cm³/mol. The number of benzene rings is 1. The van der Waals surface area contributed by atoms with E-state index in [2.05, 4.69) is 21.1 Å². The molecule has 136 valence electrons. The van der Waals surface area contributed by atoms with Gasteiger partial charge < -0.3 is 9.47 Å². The summed E-state index contributed by atoms with van der Waals surface area (Å²) in [5.74, 6) is -0.269. The summed E-state index contributed by atoms with van der Waals surface area (Å²) in [6.45, 7) is 0. The fraction of sp³-hybridized carbons (Fsp3) is 0.111. The van der Waals surface area contributed by atoms with Crippen molar-refractivity contribution >= 4 is 39.7 Å². The Morgan fingerprint density at radius 2 is 1.93 bits per heavy atom. The van der Waals surface area contributed by atoms with Crippen LogP contribution in [0.1, 0.15) is 24.2 Å². The molecule has 3 rings (SSSR count). The van der Waals surface area contributed by atoms with Crippen LogP contribution in [0.15, 0.2) is 36.4 Å². The summed E-state index contributed by atoms with van der Waals surface area (Å²) in [6.07, 6.45) is 0. The van der Waals surface area contributed by atoms with Crippen molar-refractivity contribution in [3.05, 3.63) is 51.0 Å². The molecule has 0 saturated carbocycles. The third-order valence-electron chi connectivity index (χ3n) is 3.51. The number of esters is 1. The van der Waals surface area contributed by atoms with Gasteiger partial charge in [0.25, 0.3) is 5.91 Å². The Bertz CT molecular complexity index is 1050. The molecule has 9 heteroatoms. The van der Waals surface area contributed by atoms with Gasteiger partial charge >= 0.3 is 5.97 Å². The molecule has 0 bridgehead atoms. The number of thiazole rings is 1. The maximum Gasteiger partial charge on any atom is 0.348 e. The molecule has 1 N–H and O–H groups in total. The highest BCUT2D eigenvalue weighted by Gasteiger charge is 2.18. The van der Waals surface area contributed by atoms with E-state index in [1.165, 1.54) is 19.2 Å². The molecule has 0 unspecified atom stereocenters. The number of rotatable bonds is 5. The van der Waals surface area contributed by atoms with E-state index in [-0.39, 0.29) is 0 Å². The van der Waals surface area contributed by atoms with E-state index in [9.17, 15) is 14.9 Å². The van der Waals surface area contributed by atoms with Crippen molar-refractivity contribution in [2.45, 2.75) is 0 Å². The molecule has 2 heterocycles. The zero-order chi connectivity index (χ0) is 19.4. The lowest BCUT2D eigenvalue weighted by molar-refractivity contribution is 0.0606. The summed E-state index contributed by atoms with van der Waals surface area (Å²) in [5, 5.41) is 12.3. The molecule has 0 saturated heterocycles. The Balaban J connectivity index is 1.85. The van der Waals surface area contributed by atoms with Gasteiger partial charge in [-0.3, -0.25) is 10.1 Å². The summed E-state index contributed by atoms with van der Waals surface area (Å²) >= 11 is 2.10. The van der Waals surface area contributed by atoms with Crippen molar-refractivity contribution in [3.8, 4) is 23.1 Å². The van der Waals surface area contributed by atoms with Crippen LogP contribution in [0.3, 0.4) is 0 Å². The van der Waals surface area contributed by atoms with Gasteiger partial charge in [-0.2, -0.15) is 5.26 Å². The molecule has 1 amide bonds. The van der Waals surface area contributed by atoms with Gasteiger partial charge in [0.15, 0.2) is 5.13 Å². The maximum absolute atomic E-state index is 12.4. The van der Waals surface area contributed by atoms with Crippen molar-refractivity contribution in [1.29, 1.82) is 5.26 Å². The number of nitrogens with one attached hydrogen (secondary N) is 1. The zero-order valence-corrected chi connectivity index (χ0v) is 15.9. The number of hydrogen-bond acceptors (Lipinski definition) is 8. The highest BCUT2D eigenvalue weighted by molar-refractivity contribution is 7.17. The topological polar surface area (TPSA) is 101 Å². The first kappa shape index (κ1) is 18.6. The minimum Gasteiger partial charge on any atom is -0.497 e. The number of anilines is 1. The summed E-state index contributed by atoms with van der Waals surface area (Å²) in [7, 11) is 2.83. The summed E-state index contributed by atoms with van der Waals surface area (Å²) in [5.41, 5.74) is 1.19. The quantitative estimate of drug-likeness (QED) is 0.655. The molecular weight excluding hydrogens is 386 g/mol. The van der Waals surface area contributed by atoms with Crippen LogP contribution in [0.4, 0.5) is 5.13 Å². The van der Waals surface area contributed by atoms with E-state index in [0.717, 1.165) is 22.7 Å². The number of aromatic nitrogens is 1. The van der Waals surface area contributed by atoms with E-state index in [1.54, 1.807) is 25.3 Å². The van der Waals surface area contributed by atoms with Crippen LogP contribution in [-0.2, 0) is 4.74 Å². The standard InChI is InChI=1S/C18H13N3O4S2/c1-24-11-5-3-4-10(8-11)15-14(9-19)27-18(20-15)21-16(22)12-6-7-13(26-12)17(23)25-2/h3-8H,1-2H3,(H,20,21,22). The second kappa shape index (κ2) is 7.99. The molecule has 2 aromatic heterocycles. The lowest BCUT2D eigenvalue weighted by Gasteiger charge is -2.02. The highest BCUT2D eigenvalue weighted by atomic mass is 32.1. The van der Waals surface area contributed by atoms with E-state index in [4.69, 9.17) is 4.74 Å². The number of amides is 1. The van der Waals surface area contributed by atoms with Gasteiger partial charge in [0.1, 0.15) is 27.3 Å². The molecule has 1 aromatic carbocycles. The van der Waals surface area contributed by atoms with Gasteiger partial charge in [-0.15, -0.1) is 11.3 Å². The van der Waals surface area contributed by atoms with Crippen molar-refractivity contribution < 1.29 is 19.1 Å². The number of carbonyl (C=O) groups is 2. The Morgan fingerprint density at radius 3 is 2.63 bits per heavy atom. The van der Waals surface area contributed by atoms with Gasteiger partial charge in [-0.25, -0.2) is 9.78 Å². The van der Waals surface area contributed by atoms with Gasteiger partial charge in [0, 0.05) is 5.56 Å². The fourth-order valence-corrected chi connectivity index (χ4v) is 3.84. The average molecular weight is 399 g/mol. The summed E-state index contributed by atoms with van der Waals surface area (Å²) in [4.78, 5) is 29.3. The smallest absolute Gasteiger partial charge is 0.348 e. The van der Waals surface area contributed by atoms with Crippen molar-refractivity contribution in [3.63, 3.8) is 0 Å². The summed E-state index contributed by atoms with van der Waals surface area (Å²) < 4.78 is 9.83. The first-order valence-electron chi connectivity index (χ1n) is 7.60. The number of nitrogens with zero attached hydrogens (tertiary/aromatic N) is 2. The van der Waals surface area contributed by atoms with Gasteiger partial charge in [-0.1, -0.05) is 23.5 Å². The van der Waals surface area contributed by atoms with Gasteiger partial charge in [-0.05, 0) is 24.3 Å². The Hall–Kier alpha value is -3.22. The molecule has 3 aromatic rings. The Kier molecular flexibility index (Phi) is 5.49. The van der Waals surface area contributed by atoms with Crippen LogP contribution in [0, 0.1) is 11.3 Å². The largest absolute Gasteiger partial charge is 0.497 e. The molecule has 0 radical (unpaired) electrons. The minimum absolute atomic E-state index is 0.294. The first-order chi connectivity index (χ1) is 13.0. The molecule has 0 spiro atoms. The van der Waals surface area contributed by atoms with Crippen molar-refractivity contribution in [2.75, 3.05) is 19.5 Å². The first-order valence-corrected chi connectivity index (χ1v) is 9.24. The zero-order valence-electron chi connectivity index (χ0n) is 14.3. The van der Waals surface area contributed by atoms with Crippen LogP contribution >= 0.6 is 22.7 Å². The molecular formula is C18H13N3O4S2. The number of hydrogen-bond donors (Lipinski definition) is 1. The van der Waals surface area contributed by atoms with Gasteiger partial charge in [0.2, 0.25) is 0 Å². The number of ether oxygens (including phenoxy) is 2. The van der Waals surface area contributed by atoms with Crippen LogP contribution in [0.2, 0.25) is 0 Å². The van der Waals surface area contributed by atoms with Crippen molar-refractivity contribution in [1.82, 2.24) is 4.98 Å². The van der Waals surface area contributed by atoms with Crippen molar-refractivity contribution in [2.24, 2.45) is 0 Å². The van der Waals surface area contributed by atoms with Gasteiger partial charge in [0.05, 0.1) is 19.1 Å². The molecule has 27 heavy (non-hydrogen) atoms. The van der Waals surface area contributed by atoms with Crippen LogP contribution < -0.4 is 10.1 Å². The predicted octanol–water partition coefficient (Wildman–Crippen LogP) is 3.79. The normalized spacial score (nSPS) is 10.1. The lowest BCUT2D eigenvalue weighted by Crippen LogP contribution is -2.09. The fourth-order valence-electron chi connectivity index (χ4n) is 2.24. The Morgan fingerprint density at radius 1 is 1.15 bits per heavy atom. The van der Waals surface area contributed by atoms with E-state index in [1.807, 2.05) is 6.07 Å². The SMILES string of the molecule is COC(=O)c1ccc(C(=O)Nc2nc(-c3cccc(OC)c3)c(C#N)s2)s1. The molecule has 7 nitrogen and oxygen atoms in total. The monoisotopic (exact) mass is 399 g/mol. The lowest BCUT2D eigenvalue weighted by atomic mass is 10.1. The maximum atomic E-state index is 12.4. The third kappa shape index (κ3) is 3.97. The van der Waals surface area contributed by atoms with E-state index >= 15 is 0 Å². The number of methoxy groups -OCH3 is 2. The van der Waals surface area contributed by atoms with Crippen LogP contribution in [-0.4, -0.2) is 31.1 Å². The number of carbonyl (C=O) groups excluding carboxylic acids is 2. The molecule has 0 atom stereocenters. The van der Waals surface area contributed by atoms with E-state index in [0.29, 0.717) is 36.8 Å². The minimum atomic E-state index is -0.500. The summed E-state index contributed by atoms with van der Waals surface area (Å²) in [6, 6.07) is 12.3. The highest BCUT2D eigenvalue weighted by Crippen LogP contribution is 2.32. The second-order valence-corrected chi connectivity index (χ2v) is 7.23. The average Bonchev–Trinajstić information content (AvgIpc) is 3.34. The third-order valence-corrected chi connectivity index (χ3v) is 5.45. The second-order valence-electron chi connectivity index (χ2n) is 5.15. The van der Waals surface area contributed by atoms with Crippen LogP contribution in [0.25, 0.3) is 11.3 Å². The Labute approximate surface area is 162 Å². The molecule has 0 aliphatic rings. The molecule has 0 aliphatic heterocycles.